The number of aliphatic imine (C=N–C) groups is 1. The van der Waals surface area contributed by atoms with Crippen LogP contribution in [0.2, 0.25) is 24.7 Å². The Morgan fingerprint density at radius 3 is 2.12 bits per heavy atom. The smallest absolute Gasteiger partial charge is 0.238 e. The van der Waals surface area contributed by atoms with Gasteiger partial charge in [0.05, 0.1) is 16.3 Å². The van der Waals surface area contributed by atoms with Crippen LogP contribution in [0.15, 0.2) is 53.5 Å². The summed E-state index contributed by atoms with van der Waals surface area (Å²) in [5.74, 6) is 3.03. The Morgan fingerprint density at radius 1 is 1.00 bits per heavy atom. The molecule has 1 nitrogen and oxygen atoms in total. The molecule has 0 fully saturated rings. The fourth-order valence-corrected chi connectivity index (χ4v) is 2.56. The Labute approximate surface area is 151 Å². The van der Waals surface area contributed by atoms with E-state index in [-0.39, 0.29) is 0 Å². The number of nitrogens with zero attached hydrogens (tertiary/aromatic N) is 1. The standard InChI is InChI=1S/C19H17ClF3NSi/c1-25(2,3)13-12-17(24-18-7-5-4-6-16(18)20)14-8-10-15(11-9-14)19(21,22)23/h4-11H,1-3H3. The van der Waals surface area contributed by atoms with Gasteiger partial charge in [0.25, 0.3) is 0 Å². The van der Waals surface area contributed by atoms with Crippen LogP contribution in [0.5, 0.6) is 0 Å². The first kappa shape index (κ1) is 19.3. The van der Waals surface area contributed by atoms with Crippen molar-refractivity contribution in [3.8, 4) is 11.5 Å². The molecule has 0 heterocycles. The van der Waals surface area contributed by atoms with E-state index in [4.69, 9.17) is 11.6 Å². The van der Waals surface area contributed by atoms with Crippen LogP contribution < -0.4 is 0 Å². The summed E-state index contributed by atoms with van der Waals surface area (Å²) in [5, 5.41) is 0.460. The fraction of sp³-hybridized carbons (Fsp3) is 0.211. The number of halogens is 4. The van der Waals surface area contributed by atoms with Gasteiger partial charge in [-0.15, -0.1) is 5.54 Å². The number of hydrogen-bond acceptors (Lipinski definition) is 1. The number of benzene rings is 2. The van der Waals surface area contributed by atoms with Crippen LogP contribution in [0.25, 0.3) is 0 Å². The van der Waals surface area contributed by atoms with E-state index in [0.717, 1.165) is 12.1 Å². The first-order valence-corrected chi connectivity index (χ1v) is 11.5. The first-order valence-electron chi connectivity index (χ1n) is 7.60. The summed E-state index contributed by atoms with van der Waals surface area (Å²) >= 11 is 6.14. The van der Waals surface area contributed by atoms with E-state index < -0.39 is 19.8 Å². The van der Waals surface area contributed by atoms with Gasteiger partial charge in [0.15, 0.2) is 0 Å². The maximum absolute atomic E-state index is 12.8. The topological polar surface area (TPSA) is 12.4 Å². The largest absolute Gasteiger partial charge is 0.416 e. The molecule has 0 radical (unpaired) electrons. The molecule has 2 aromatic carbocycles. The molecule has 2 rings (SSSR count). The second kappa shape index (κ2) is 7.47. The minimum absolute atomic E-state index is 0.407. The van der Waals surface area contributed by atoms with Crippen LogP contribution in [0.1, 0.15) is 11.1 Å². The molecule has 0 saturated heterocycles. The lowest BCUT2D eigenvalue weighted by atomic mass is 10.1. The van der Waals surface area contributed by atoms with E-state index in [1.54, 1.807) is 24.3 Å². The van der Waals surface area contributed by atoms with E-state index in [9.17, 15) is 13.2 Å². The maximum Gasteiger partial charge on any atom is 0.416 e. The summed E-state index contributed by atoms with van der Waals surface area (Å²) in [6, 6.07) is 11.9. The molecule has 0 N–H and O–H groups in total. The zero-order chi connectivity index (χ0) is 18.7. The quantitative estimate of drug-likeness (QED) is 0.327. The molecule has 25 heavy (non-hydrogen) atoms. The van der Waals surface area contributed by atoms with Crippen LogP contribution in [-0.4, -0.2) is 13.8 Å². The third-order valence-electron chi connectivity index (χ3n) is 3.13. The third kappa shape index (κ3) is 5.77. The lowest BCUT2D eigenvalue weighted by Gasteiger charge is -2.08. The van der Waals surface area contributed by atoms with E-state index in [2.05, 4.69) is 36.1 Å². The summed E-state index contributed by atoms with van der Waals surface area (Å²) in [5.41, 5.74) is 3.96. The van der Waals surface area contributed by atoms with Gasteiger partial charge in [0, 0.05) is 5.56 Å². The highest BCUT2D eigenvalue weighted by molar-refractivity contribution is 6.84. The summed E-state index contributed by atoms with van der Waals surface area (Å²) in [4.78, 5) is 4.48. The van der Waals surface area contributed by atoms with Crippen LogP contribution in [0.4, 0.5) is 18.9 Å². The number of alkyl halides is 3. The van der Waals surface area contributed by atoms with Crippen LogP contribution in [0, 0.1) is 11.5 Å². The van der Waals surface area contributed by atoms with E-state index in [1.165, 1.54) is 12.1 Å². The van der Waals surface area contributed by atoms with Crippen molar-refractivity contribution >= 4 is 31.1 Å². The zero-order valence-electron chi connectivity index (χ0n) is 14.1. The normalized spacial score (nSPS) is 12.5. The second-order valence-corrected chi connectivity index (χ2v) is 11.6. The maximum atomic E-state index is 12.8. The van der Waals surface area contributed by atoms with Crippen molar-refractivity contribution in [1.29, 1.82) is 0 Å². The van der Waals surface area contributed by atoms with Crippen molar-refractivity contribution in [2.24, 2.45) is 4.99 Å². The van der Waals surface area contributed by atoms with Crippen molar-refractivity contribution in [3.63, 3.8) is 0 Å². The van der Waals surface area contributed by atoms with Crippen LogP contribution in [0.3, 0.4) is 0 Å². The number of para-hydroxylation sites is 1. The second-order valence-electron chi connectivity index (χ2n) is 6.49. The molecule has 0 aliphatic heterocycles. The summed E-state index contributed by atoms with van der Waals surface area (Å²) in [6.45, 7) is 6.25. The predicted octanol–water partition coefficient (Wildman–Crippen LogP) is 6.36. The number of rotatable bonds is 2. The van der Waals surface area contributed by atoms with Gasteiger partial charge in [0.2, 0.25) is 0 Å². The van der Waals surface area contributed by atoms with Crippen molar-refractivity contribution in [1.82, 2.24) is 0 Å². The molecule has 0 spiro atoms. The van der Waals surface area contributed by atoms with Crippen LogP contribution in [-0.2, 0) is 6.18 Å². The molecule has 0 unspecified atom stereocenters. The predicted molar refractivity (Wildman–Crippen MR) is 100 cm³/mol. The van der Waals surface area contributed by atoms with Crippen molar-refractivity contribution in [2.45, 2.75) is 25.8 Å². The monoisotopic (exact) mass is 379 g/mol. The highest BCUT2D eigenvalue weighted by Gasteiger charge is 2.30. The Bertz CT molecular complexity index is 838. The Balaban J connectivity index is 2.52. The van der Waals surface area contributed by atoms with E-state index in [0.29, 0.717) is 22.0 Å². The highest BCUT2D eigenvalue weighted by atomic mass is 35.5. The summed E-state index contributed by atoms with van der Waals surface area (Å²) in [6.07, 6.45) is -4.37. The molecular formula is C19H17ClF3NSi. The fourth-order valence-electron chi connectivity index (χ4n) is 1.89. The number of hydrogen-bond donors (Lipinski definition) is 0. The minimum Gasteiger partial charge on any atom is -0.238 e. The average molecular weight is 380 g/mol. The molecule has 0 bridgehead atoms. The SMILES string of the molecule is C[Si](C)(C)C#CC(=Nc1ccccc1Cl)c1ccc(C(F)(F)F)cc1. The molecule has 0 aromatic heterocycles. The molecule has 2 aromatic rings. The van der Waals surface area contributed by atoms with Gasteiger partial charge in [-0.2, -0.15) is 13.2 Å². The van der Waals surface area contributed by atoms with Gasteiger partial charge in [-0.3, -0.25) is 0 Å². The van der Waals surface area contributed by atoms with Gasteiger partial charge >= 0.3 is 6.18 Å². The van der Waals surface area contributed by atoms with Gasteiger partial charge in [-0.1, -0.05) is 61.4 Å². The van der Waals surface area contributed by atoms with Crippen LogP contribution >= 0.6 is 11.6 Å². The van der Waals surface area contributed by atoms with Gasteiger partial charge in [-0.25, -0.2) is 4.99 Å². The zero-order valence-corrected chi connectivity index (χ0v) is 15.8. The summed E-state index contributed by atoms with van der Waals surface area (Å²) < 4.78 is 38.3. The molecule has 130 valence electrons. The molecular weight excluding hydrogens is 363 g/mol. The summed E-state index contributed by atoms with van der Waals surface area (Å²) in [7, 11) is -1.68. The Hall–Kier alpha value is -2.03. The molecule has 0 saturated carbocycles. The van der Waals surface area contributed by atoms with E-state index in [1.807, 2.05) is 0 Å². The van der Waals surface area contributed by atoms with Gasteiger partial charge in [-0.05, 0) is 24.3 Å². The highest BCUT2D eigenvalue weighted by Crippen LogP contribution is 2.30. The Kier molecular flexibility index (Phi) is 5.76. The van der Waals surface area contributed by atoms with Crippen molar-refractivity contribution < 1.29 is 13.2 Å². The lowest BCUT2D eigenvalue weighted by Crippen LogP contribution is -2.17. The van der Waals surface area contributed by atoms with Crippen molar-refractivity contribution in [3.05, 3.63) is 64.7 Å². The van der Waals surface area contributed by atoms with Crippen molar-refractivity contribution in [2.75, 3.05) is 0 Å². The molecule has 0 amide bonds. The van der Waals surface area contributed by atoms with E-state index >= 15 is 0 Å². The molecule has 0 aliphatic rings. The molecule has 6 heteroatoms. The third-order valence-corrected chi connectivity index (χ3v) is 4.32. The first-order chi connectivity index (χ1) is 11.6. The minimum atomic E-state index is -4.37. The van der Waals surface area contributed by atoms with Gasteiger partial charge in [0.1, 0.15) is 13.8 Å². The van der Waals surface area contributed by atoms with Gasteiger partial charge < -0.3 is 0 Å². The lowest BCUT2D eigenvalue weighted by molar-refractivity contribution is -0.137. The average Bonchev–Trinajstić information content (AvgIpc) is 2.51. The Morgan fingerprint density at radius 2 is 1.60 bits per heavy atom. The molecule has 0 aliphatic carbocycles. The molecule has 0 atom stereocenters.